The molecule has 2 aliphatic heterocycles. The Hall–Kier alpha value is -1.86. The molecule has 1 fully saturated rings. The van der Waals surface area contributed by atoms with Gasteiger partial charge in [-0.05, 0) is 29.8 Å². The Kier molecular flexibility index (Phi) is 4.76. The highest BCUT2D eigenvalue weighted by Gasteiger charge is 2.30. The molecular formula is C18H17BrN2O3S. The Labute approximate surface area is 158 Å². The maximum atomic E-state index is 12.8. The Morgan fingerprint density at radius 1 is 1.12 bits per heavy atom. The second-order valence-corrected chi connectivity index (χ2v) is 7.86. The van der Waals surface area contributed by atoms with Gasteiger partial charge in [-0.1, -0.05) is 28.1 Å². The molecule has 1 atom stereocenters. The molecule has 1 saturated heterocycles. The number of halogens is 1. The van der Waals surface area contributed by atoms with E-state index in [2.05, 4.69) is 33.4 Å². The largest absolute Gasteiger partial charge is 0.486 e. The van der Waals surface area contributed by atoms with Gasteiger partial charge in [-0.25, -0.2) is 4.79 Å². The molecule has 0 bridgehead atoms. The summed E-state index contributed by atoms with van der Waals surface area (Å²) in [7, 11) is 0. The van der Waals surface area contributed by atoms with Gasteiger partial charge < -0.3 is 19.7 Å². The van der Waals surface area contributed by atoms with E-state index >= 15 is 0 Å². The van der Waals surface area contributed by atoms with E-state index in [1.807, 2.05) is 35.2 Å². The van der Waals surface area contributed by atoms with Gasteiger partial charge in [0.15, 0.2) is 11.5 Å². The number of urea groups is 1. The van der Waals surface area contributed by atoms with E-state index in [9.17, 15) is 4.79 Å². The number of benzene rings is 2. The molecule has 2 heterocycles. The van der Waals surface area contributed by atoms with Crippen LogP contribution in [0.1, 0.15) is 10.9 Å². The quantitative estimate of drug-likeness (QED) is 0.776. The first-order valence-electron chi connectivity index (χ1n) is 8.05. The van der Waals surface area contributed by atoms with Gasteiger partial charge in [0.05, 0.1) is 0 Å². The number of amides is 2. The predicted octanol–water partition coefficient (Wildman–Crippen LogP) is 4.50. The van der Waals surface area contributed by atoms with Crippen LogP contribution in [0.15, 0.2) is 46.9 Å². The average molecular weight is 421 g/mol. The zero-order valence-electron chi connectivity index (χ0n) is 13.4. The van der Waals surface area contributed by atoms with Crippen LogP contribution in [0.2, 0.25) is 0 Å². The van der Waals surface area contributed by atoms with E-state index in [1.165, 1.54) is 0 Å². The molecule has 130 valence electrons. The molecule has 1 unspecified atom stereocenters. The minimum atomic E-state index is -0.102. The van der Waals surface area contributed by atoms with Crippen molar-refractivity contribution in [1.29, 1.82) is 0 Å². The van der Waals surface area contributed by atoms with Crippen molar-refractivity contribution < 1.29 is 14.3 Å². The van der Waals surface area contributed by atoms with Crippen LogP contribution in [0.5, 0.6) is 11.5 Å². The molecule has 0 aliphatic carbocycles. The number of fused-ring (bicyclic) bond motifs is 1. The van der Waals surface area contributed by atoms with E-state index < -0.39 is 0 Å². The predicted molar refractivity (Wildman–Crippen MR) is 102 cm³/mol. The van der Waals surface area contributed by atoms with Crippen LogP contribution in [0.3, 0.4) is 0 Å². The number of hydrogen-bond donors (Lipinski definition) is 1. The molecule has 5 nitrogen and oxygen atoms in total. The Morgan fingerprint density at radius 3 is 2.68 bits per heavy atom. The van der Waals surface area contributed by atoms with E-state index in [0.29, 0.717) is 30.4 Å². The van der Waals surface area contributed by atoms with Gasteiger partial charge in [-0.15, -0.1) is 11.8 Å². The molecule has 25 heavy (non-hydrogen) atoms. The molecule has 0 saturated carbocycles. The second kappa shape index (κ2) is 7.17. The number of hydrogen-bond acceptors (Lipinski definition) is 4. The second-order valence-electron chi connectivity index (χ2n) is 5.76. The van der Waals surface area contributed by atoms with Crippen molar-refractivity contribution in [3.8, 4) is 11.5 Å². The summed E-state index contributed by atoms with van der Waals surface area (Å²) in [5.41, 5.74) is 1.84. The van der Waals surface area contributed by atoms with Crippen molar-refractivity contribution in [2.24, 2.45) is 0 Å². The van der Waals surface area contributed by atoms with Gasteiger partial charge in [0.2, 0.25) is 0 Å². The molecule has 2 aliphatic rings. The van der Waals surface area contributed by atoms with Crippen LogP contribution in [0, 0.1) is 0 Å². The van der Waals surface area contributed by atoms with Crippen molar-refractivity contribution in [3.05, 3.63) is 52.5 Å². The van der Waals surface area contributed by atoms with E-state index in [1.54, 1.807) is 11.8 Å². The van der Waals surface area contributed by atoms with Crippen molar-refractivity contribution >= 4 is 39.4 Å². The van der Waals surface area contributed by atoms with Crippen LogP contribution in [-0.2, 0) is 0 Å². The fourth-order valence-electron chi connectivity index (χ4n) is 2.90. The molecule has 2 aromatic rings. The summed E-state index contributed by atoms with van der Waals surface area (Å²) in [6.45, 7) is 1.80. The van der Waals surface area contributed by atoms with E-state index in [0.717, 1.165) is 22.3 Å². The van der Waals surface area contributed by atoms with Gasteiger partial charge in [-0.3, -0.25) is 0 Å². The van der Waals surface area contributed by atoms with Crippen molar-refractivity contribution in [2.75, 3.05) is 30.8 Å². The summed E-state index contributed by atoms with van der Waals surface area (Å²) in [5.74, 6) is 2.31. The SMILES string of the molecule is O=C(Nc1ccc2c(c1)OCCO2)N1CCSC1c1ccc(Br)cc1. The molecule has 0 aromatic heterocycles. The summed E-state index contributed by atoms with van der Waals surface area (Å²) in [6, 6.07) is 13.5. The highest BCUT2D eigenvalue weighted by atomic mass is 79.9. The monoisotopic (exact) mass is 420 g/mol. The van der Waals surface area contributed by atoms with Crippen LogP contribution < -0.4 is 14.8 Å². The number of nitrogens with zero attached hydrogens (tertiary/aromatic N) is 1. The molecular weight excluding hydrogens is 404 g/mol. The molecule has 1 N–H and O–H groups in total. The smallest absolute Gasteiger partial charge is 0.323 e. The number of thioether (sulfide) groups is 1. The number of ether oxygens (including phenoxy) is 2. The minimum Gasteiger partial charge on any atom is -0.486 e. The maximum absolute atomic E-state index is 12.8. The van der Waals surface area contributed by atoms with Crippen LogP contribution >= 0.6 is 27.7 Å². The highest BCUT2D eigenvalue weighted by Crippen LogP contribution is 2.39. The van der Waals surface area contributed by atoms with Gasteiger partial charge in [0.1, 0.15) is 18.6 Å². The zero-order valence-corrected chi connectivity index (χ0v) is 15.8. The first kappa shape index (κ1) is 16.6. The van der Waals surface area contributed by atoms with Gasteiger partial charge in [-0.2, -0.15) is 0 Å². The third-order valence-corrected chi connectivity index (χ3v) is 5.89. The van der Waals surface area contributed by atoms with Crippen molar-refractivity contribution in [2.45, 2.75) is 5.37 Å². The highest BCUT2D eigenvalue weighted by molar-refractivity contribution is 9.10. The number of anilines is 1. The van der Waals surface area contributed by atoms with Crippen molar-refractivity contribution in [3.63, 3.8) is 0 Å². The number of nitrogens with one attached hydrogen (secondary N) is 1. The number of carbonyl (C=O) groups excluding carboxylic acids is 1. The molecule has 4 rings (SSSR count). The first-order chi connectivity index (χ1) is 12.2. The summed E-state index contributed by atoms with van der Waals surface area (Å²) >= 11 is 5.23. The summed E-state index contributed by atoms with van der Waals surface area (Å²) in [6.07, 6.45) is 0. The Morgan fingerprint density at radius 2 is 1.88 bits per heavy atom. The summed E-state index contributed by atoms with van der Waals surface area (Å²) in [4.78, 5) is 14.6. The van der Waals surface area contributed by atoms with Gasteiger partial charge in [0, 0.05) is 28.5 Å². The molecule has 0 radical (unpaired) electrons. The molecule has 2 amide bonds. The number of rotatable bonds is 2. The lowest BCUT2D eigenvalue weighted by atomic mass is 10.2. The summed E-state index contributed by atoms with van der Waals surface area (Å²) < 4.78 is 12.1. The fourth-order valence-corrected chi connectivity index (χ4v) is 4.42. The maximum Gasteiger partial charge on any atom is 0.323 e. The van der Waals surface area contributed by atoms with E-state index in [4.69, 9.17) is 9.47 Å². The molecule has 0 spiro atoms. The third-order valence-electron chi connectivity index (χ3n) is 4.10. The Balaban J connectivity index is 1.49. The van der Waals surface area contributed by atoms with Crippen molar-refractivity contribution in [1.82, 2.24) is 4.90 Å². The summed E-state index contributed by atoms with van der Waals surface area (Å²) in [5, 5.41) is 3.01. The molecule has 2 aromatic carbocycles. The lowest BCUT2D eigenvalue weighted by Crippen LogP contribution is -2.34. The van der Waals surface area contributed by atoms with Crippen LogP contribution in [-0.4, -0.2) is 36.4 Å². The topological polar surface area (TPSA) is 50.8 Å². The van der Waals surface area contributed by atoms with Crippen LogP contribution in [0.25, 0.3) is 0 Å². The molecule has 7 heteroatoms. The lowest BCUT2D eigenvalue weighted by molar-refractivity contribution is 0.171. The van der Waals surface area contributed by atoms with Gasteiger partial charge in [0.25, 0.3) is 0 Å². The lowest BCUT2D eigenvalue weighted by Gasteiger charge is -2.25. The first-order valence-corrected chi connectivity index (χ1v) is 9.89. The number of carbonyl (C=O) groups is 1. The van der Waals surface area contributed by atoms with Gasteiger partial charge >= 0.3 is 6.03 Å². The fraction of sp³-hybridized carbons (Fsp3) is 0.278. The third kappa shape index (κ3) is 3.57. The normalized spacial score (nSPS) is 18.9. The Bertz CT molecular complexity index is 784. The minimum absolute atomic E-state index is 0.0327. The van der Waals surface area contributed by atoms with E-state index in [-0.39, 0.29) is 11.4 Å². The zero-order chi connectivity index (χ0) is 17.2. The standard InChI is InChI=1S/C18H17BrN2O3S/c19-13-3-1-12(2-4-13)17-21(7-10-25-17)18(22)20-14-5-6-15-16(11-14)24-9-8-23-15/h1-6,11,17H,7-10H2,(H,20,22). The van der Waals surface area contributed by atoms with Crippen LogP contribution in [0.4, 0.5) is 10.5 Å². The average Bonchev–Trinajstić information content (AvgIpc) is 3.12.